The lowest BCUT2D eigenvalue weighted by atomic mass is 10.1. The largest absolute Gasteiger partial charge is 0.389 e. The zero-order valence-electron chi connectivity index (χ0n) is 11.8. The molecular formula is C12H21N5O2. The predicted molar refractivity (Wildman–Crippen MR) is 73.7 cm³/mol. The monoisotopic (exact) mass is 267 g/mol. The average molecular weight is 267 g/mol. The van der Waals surface area contributed by atoms with Gasteiger partial charge in [0.25, 0.3) is 0 Å². The van der Waals surface area contributed by atoms with Crippen molar-refractivity contribution >= 4 is 11.7 Å². The number of nitrogens with one attached hydrogen (secondary N) is 1. The van der Waals surface area contributed by atoms with Crippen molar-refractivity contribution in [2.45, 2.75) is 20.0 Å². The number of aromatic nitrogens is 2. The van der Waals surface area contributed by atoms with Gasteiger partial charge in [-0.05, 0) is 19.4 Å². The Kier molecular flexibility index (Phi) is 5.20. The molecule has 0 fully saturated rings. The van der Waals surface area contributed by atoms with Crippen LogP contribution in [-0.2, 0) is 4.74 Å². The Morgan fingerprint density at radius 1 is 1.47 bits per heavy atom. The molecule has 1 unspecified atom stereocenters. The third-order valence-corrected chi connectivity index (χ3v) is 2.91. The highest BCUT2D eigenvalue weighted by Crippen LogP contribution is 2.20. The number of hydrogen-bond acceptors (Lipinski definition) is 6. The molecule has 0 aliphatic rings. The summed E-state index contributed by atoms with van der Waals surface area (Å²) in [6.45, 7) is 4.23. The molecule has 0 spiro atoms. The quantitative estimate of drug-likeness (QED) is 0.487. The second-order valence-corrected chi connectivity index (χ2v) is 4.51. The van der Waals surface area contributed by atoms with Gasteiger partial charge in [-0.2, -0.15) is 5.10 Å². The molecule has 0 amide bonds. The van der Waals surface area contributed by atoms with Crippen LogP contribution in [0.5, 0.6) is 0 Å². The molecule has 0 bridgehead atoms. The molecule has 1 aromatic heterocycles. The number of nitrogen functional groups attached to an aromatic ring is 1. The second-order valence-electron chi connectivity index (χ2n) is 4.51. The van der Waals surface area contributed by atoms with Gasteiger partial charge in [0.2, 0.25) is 0 Å². The molecule has 0 radical (unpaired) electrons. The molecule has 0 aromatic carbocycles. The molecule has 7 nitrogen and oxygen atoms in total. The maximum Gasteiger partial charge on any atom is 0.162 e. The molecule has 0 saturated carbocycles. The highest BCUT2D eigenvalue weighted by molar-refractivity contribution is 6.01. The molecule has 7 heteroatoms. The normalized spacial score (nSPS) is 12.3. The van der Waals surface area contributed by atoms with Gasteiger partial charge in [-0.15, -0.1) is 5.10 Å². The fourth-order valence-corrected chi connectivity index (χ4v) is 1.83. The topological polar surface area (TPSA) is 108 Å². The lowest BCUT2D eigenvalue weighted by molar-refractivity contribution is 0.0694. The van der Waals surface area contributed by atoms with E-state index in [-0.39, 0.29) is 12.4 Å². The van der Waals surface area contributed by atoms with Crippen molar-refractivity contribution in [3.05, 3.63) is 16.8 Å². The van der Waals surface area contributed by atoms with E-state index in [9.17, 15) is 5.11 Å². The number of anilines is 1. The lowest BCUT2D eigenvalue weighted by Gasteiger charge is -2.24. The minimum Gasteiger partial charge on any atom is -0.389 e. The van der Waals surface area contributed by atoms with Gasteiger partial charge in [0, 0.05) is 20.7 Å². The van der Waals surface area contributed by atoms with Crippen molar-refractivity contribution in [1.29, 1.82) is 5.41 Å². The molecule has 1 aromatic rings. The van der Waals surface area contributed by atoms with Crippen LogP contribution in [0.4, 0.5) is 5.82 Å². The van der Waals surface area contributed by atoms with Gasteiger partial charge in [0.1, 0.15) is 5.84 Å². The highest BCUT2D eigenvalue weighted by Gasteiger charge is 2.18. The van der Waals surface area contributed by atoms with E-state index < -0.39 is 6.10 Å². The fourth-order valence-electron chi connectivity index (χ4n) is 1.83. The first-order valence-electron chi connectivity index (χ1n) is 5.94. The number of nitrogens with two attached hydrogens (primary N) is 1. The summed E-state index contributed by atoms with van der Waals surface area (Å²) in [4.78, 5) is 1.72. The molecule has 1 heterocycles. The first-order valence-corrected chi connectivity index (χ1v) is 5.94. The Morgan fingerprint density at radius 3 is 2.63 bits per heavy atom. The summed E-state index contributed by atoms with van der Waals surface area (Å²) < 4.78 is 4.88. The number of rotatable bonds is 6. The molecular weight excluding hydrogens is 246 g/mol. The summed E-state index contributed by atoms with van der Waals surface area (Å²) in [5.41, 5.74) is 7.73. The number of likely N-dealkylation sites (N-methyl/N-ethyl adjacent to an activating group) is 1. The van der Waals surface area contributed by atoms with Gasteiger partial charge < -0.3 is 20.5 Å². The van der Waals surface area contributed by atoms with E-state index >= 15 is 0 Å². The lowest BCUT2D eigenvalue weighted by Crippen LogP contribution is -2.34. The number of amidine groups is 1. The maximum absolute atomic E-state index is 9.73. The minimum absolute atomic E-state index is 0.0569. The summed E-state index contributed by atoms with van der Waals surface area (Å²) in [6, 6.07) is 0. The zero-order chi connectivity index (χ0) is 14.6. The third kappa shape index (κ3) is 3.62. The van der Waals surface area contributed by atoms with E-state index in [1.54, 1.807) is 11.9 Å². The first-order chi connectivity index (χ1) is 8.88. The number of aliphatic hydroxyl groups excluding tert-OH is 1. The number of ether oxygens (including phenoxy) is 1. The molecule has 0 aliphatic carbocycles. The van der Waals surface area contributed by atoms with Gasteiger partial charge >= 0.3 is 0 Å². The van der Waals surface area contributed by atoms with Crippen LogP contribution in [0, 0.1) is 19.3 Å². The average Bonchev–Trinajstić information content (AvgIpc) is 2.31. The Morgan fingerprint density at radius 2 is 2.11 bits per heavy atom. The van der Waals surface area contributed by atoms with Crippen LogP contribution in [0.15, 0.2) is 0 Å². The predicted octanol–water partition coefficient (Wildman–Crippen LogP) is -0.179. The van der Waals surface area contributed by atoms with Crippen molar-refractivity contribution in [2.24, 2.45) is 5.73 Å². The Balaban J connectivity index is 3.06. The zero-order valence-corrected chi connectivity index (χ0v) is 11.8. The van der Waals surface area contributed by atoms with Gasteiger partial charge in [0.05, 0.1) is 24.0 Å². The molecule has 106 valence electrons. The number of aliphatic hydroxyl groups is 1. The van der Waals surface area contributed by atoms with E-state index in [1.807, 2.05) is 13.8 Å². The summed E-state index contributed by atoms with van der Waals surface area (Å²) in [5, 5.41) is 25.5. The van der Waals surface area contributed by atoms with Crippen molar-refractivity contribution in [3.63, 3.8) is 0 Å². The summed E-state index contributed by atoms with van der Waals surface area (Å²) in [7, 11) is 3.30. The maximum atomic E-state index is 9.73. The van der Waals surface area contributed by atoms with E-state index in [0.717, 1.165) is 11.3 Å². The summed E-state index contributed by atoms with van der Waals surface area (Å²) in [6.07, 6.45) is -0.641. The van der Waals surface area contributed by atoms with E-state index in [2.05, 4.69) is 10.2 Å². The Hall–Kier alpha value is -1.73. The highest BCUT2D eigenvalue weighted by atomic mass is 16.5. The van der Waals surface area contributed by atoms with Crippen LogP contribution in [0.1, 0.15) is 16.8 Å². The fraction of sp³-hybridized carbons (Fsp3) is 0.583. The smallest absolute Gasteiger partial charge is 0.162 e. The van der Waals surface area contributed by atoms with E-state index in [4.69, 9.17) is 15.9 Å². The number of aryl methyl sites for hydroxylation is 1. The standard InChI is InChI=1S/C12H21N5O2/c1-7-8(2)15-16-12(10(7)11(13)14)17(3)5-9(18)6-19-4/h9,18H,5-6H2,1-4H3,(H3,13,14). The van der Waals surface area contributed by atoms with Crippen molar-refractivity contribution in [2.75, 3.05) is 32.2 Å². The van der Waals surface area contributed by atoms with E-state index in [1.165, 1.54) is 7.11 Å². The van der Waals surface area contributed by atoms with E-state index in [0.29, 0.717) is 17.9 Å². The van der Waals surface area contributed by atoms with Gasteiger partial charge in [-0.25, -0.2) is 0 Å². The van der Waals surface area contributed by atoms with Crippen LogP contribution in [0.25, 0.3) is 0 Å². The molecule has 1 atom stereocenters. The van der Waals surface area contributed by atoms with Crippen molar-refractivity contribution in [3.8, 4) is 0 Å². The summed E-state index contributed by atoms with van der Waals surface area (Å²) in [5.74, 6) is 0.435. The molecule has 4 N–H and O–H groups in total. The summed E-state index contributed by atoms with van der Waals surface area (Å²) >= 11 is 0. The van der Waals surface area contributed by atoms with Gasteiger partial charge in [-0.1, -0.05) is 0 Å². The number of methoxy groups -OCH3 is 1. The molecule has 19 heavy (non-hydrogen) atoms. The van der Waals surface area contributed by atoms with Gasteiger partial charge in [0.15, 0.2) is 5.82 Å². The van der Waals surface area contributed by atoms with Crippen LogP contribution in [0.2, 0.25) is 0 Å². The van der Waals surface area contributed by atoms with Crippen LogP contribution in [-0.4, -0.2) is 54.6 Å². The SMILES string of the molecule is COCC(O)CN(C)c1nnc(C)c(C)c1C(=N)N. The second kappa shape index (κ2) is 6.44. The third-order valence-electron chi connectivity index (χ3n) is 2.91. The number of nitrogens with zero attached hydrogens (tertiary/aromatic N) is 3. The van der Waals surface area contributed by atoms with Gasteiger partial charge in [-0.3, -0.25) is 5.41 Å². The van der Waals surface area contributed by atoms with Crippen molar-refractivity contribution < 1.29 is 9.84 Å². The number of hydrogen-bond donors (Lipinski definition) is 3. The molecule has 0 saturated heterocycles. The Labute approximate surface area is 112 Å². The van der Waals surface area contributed by atoms with Crippen LogP contribution >= 0.6 is 0 Å². The molecule has 1 rings (SSSR count). The minimum atomic E-state index is -0.641. The molecule has 0 aliphatic heterocycles. The first kappa shape index (κ1) is 15.3. The van der Waals surface area contributed by atoms with Crippen molar-refractivity contribution in [1.82, 2.24) is 10.2 Å². The van der Waals surface area contributed by atoms with Crippen LogP contribution < -0.4 is 10.6 Å². The van der Waals surface area contributed by atoms with Crippen LogP contribution in [0.3, 0.4) is 0 Å². The Bertz CT molecular complexity index is 464.